The normalized spacial score (nSPS) is 16.4. The average Bonchev–Trinajstić information content (AvgIpc) is 3.74. The van der Waals surface area contributed by atoms with E-state index in [2.05, 4.69) is 29.6 Å². The second kappa shape index (κ2) is 20.9. The SMILES string of the molecule is O=C(CCCCCCC(=O)NCc1cccc(-c2cccc(C3OC(CSc4nc(-c5ccccc5)c(-c5ccccc5)o4)CC(c4ccc(CO)cc4)O3)c2)c1)NO. The topological polar surface area (TPSA) is 143 Å². The molecule has 304 valence electrons. The number of carbonyl (C=O) groups excluding carboxylic acids is 2. The number of unbranched alkanes of at least 4 members (excludes halogenated alkanes) is 3. The monoisotopic (exact) mass is 811 g/mol. The lowest BCUT2D eigenvalue weighted by Gasteiger charge is -2.36. The van der Waals surface area contributed by atoms with Crippen LogP contribution in [0.5, 0.6) is 0 Å². The predicted octanol–water partition coefficient (Wildman–Crippen LogP) is 9.97. The van der Waals surface area contributed by atoms with Gasteiger partial charge in [0.05, 0.1) is 18.8 Å². The van der Waals surface area contributed by atoms with Crippen LogP contribution in [0, 0.1) is 0 Å². The highest BCUT2D eigenvalue weighted by Crippen LogP contribution is 2.41. The first-order valence-corrected chi connectivity index (χ1v) is 21.1. The average molecular weight is 812 g/mol. The number of thioether (sulfide) groups is 1. The summed E-state index contributed by atoms with van der Waals surface area (Å²) in [5, 5.41) is 21.9. The fraction of sp³-hybridized carbons (Fsp3) is 0.271. The number of carbonyl (C=O) groups is 2. The van der Waals surface area contributed by atoms with Gasteiger partial charge in [0.1, 0.15) is 5.69 Å². The van der Waals surface area contributed by atoms with Gasteiger partial charge in [-0.25, -0.2) is 10.5 Å². The molecular weight excluding hydrogens is 763 g/mol. The Morgan fingerprint density at radius 1 is 0.678 bits per heavy atom. The number of benzene rings is 5. The Hall–Kier alpha value is -5.56. The highest BCUT2D eigenvalue weighted by atomic mass is 32.2. The smallest absolute Gasteiger partial charge is 0.256 e. The Balaban J connectivity index is 1.04. The maximum atomic E-state index is 12.6. The number of nitrogens with zero attached hydrogens (tertiary/aromatic N) is 1. The summed E-state index contributed by atoms with van der Waals surface area (Å²) >= 11 is 1.53. The minimum absolute atomic E-state index is 0.0125. The molecule has 6 aromatic rings. The Kier molecular flexibility index (Phi) is 14.7. The molecule has 4 N–H and O–H groups in total. The minimum Gasteiger partial charge on any atom is -0.431 e. The molecule has 11 heteroatoms. The van der Waals surface area contributed by atoms with Gasteiger partial charge in [-0.1, -0.05) is 146 Å². The number of hydrogen-bond acceptors (Lipinski definition) is 9. The first kappa shape index (κ1) is 41.6. The molecule has 1 fully saturated rings. The highest BCUT2D eigenvalue weighted by molar-refractivity contribution is 7.99. The molecule has 2 amide bonds. The molecule has 1 aliphatic heterocycles. The molecule has 0 aliphatic carbocycles. The zero-order valence-electron chi connectivity index (χ0n) is 32.8. The van der Waals surface area contributed by atoms with Gasteiger partial charge in [-0.15, -0.1) is 0 Å². The van der Waals surface area contributed by atoms with Crippen molar-refractivity contribution in [3.63, 3.8) is 0 Å². The number of oxazole rings is 1. The highest BCUT2D eigenvalue weighted by Gasteiger charge is 2.33. The van der Waals surface area contributed by atoms with E-state index in [4.69, 9.17) is 24.1 Å². The summed E-state index contributed by atoms with van der Waals surface area (Å²) in [6, 6.07) is 44.3. The number of hydrogen-bond donors (Lipinski definition) is 4. The van der Waals surface area contributed by atoms with Crippen LogP contribution in [0.25, 0.3) is 33.7 Å². The molecule has 1 aliphatic rings. The molecule has 0 bridgehead atoms. The summed E-state index contributed by atoms with van der Waals surface area (Å²) in [7, 11) is 0. The molecule has 5 aromatic carbocycles. The summed E-state index contributed by atoms with van der Waals surface area (Å²) in [5.74, 6) is 0.916. The summed E-state index contributed by atoms with van der Waals surface area (Å²) in [5.41, 5.74) is 10.1. The van der Waals surface area contributed by atoms with Crippen molar-refractivity contribution in [3.05, 3.63) is 156 Å². The van der Waals surface area contributed by atoms with Crippen LogP contribution in [0.3, 0.4) is 0 Å². The van der Waals surface area contributed by atoms with Crippen LogP contribution in [-0.4, -0.2) is 39.0 Å². The van der Waals surface area contributed by atoms with Gasteiger partial charge in [-0.05, 0) is 52.8 Å². The van der Waals surface area contributed by atoms with E-state index in [1.807, 2.05) is 109 Å². The Bertz CT molecular complexity index is 2210. The number of nitrogens with one attached hydrogen (secondary N) is 2. The third kappa shape index (κ3) is 11.6. The fourth-order valence-electron chi connectivity index (χ4n) is 7.12. The summed E-state index contributed by atoms with van der Waals surface area (Å²) in [4.78, 5) is 28.7. The Morgan fingerprint density at radius 2 is 1.34 bits per heavy atom. The van der Waals surface area contributed by atoms with E-state index in [0.717, 1.165) is 75.2 Å². The molecule has 1 saturated heterocycles. The van der Waals surface area contributed by atoms with Gasteiger partial charge >= 0.3 is 0 Å². The molecule has 59 heavy (non-hydrogen) atoms. The largest absolute Gasteiger partial charge is 0.431 e. The van der Waals surface area contributed by atoms with Crippen molar-refractivity contribution >= 4 is 23.6 Å². The van der Waals surface area contributed by atoms with Gasteiger partial charge in [0.15, 0.2) is 12.1 Å². The molecule has 0 saturated carbocycles. The van der Waals surface area contributed by atoms with Crippen LogP contribution in [-0.2, 0) is 32.2 Å². The van der Waals surface area contributed by atoms with E-state index in [0.29, 0.717) is 36.8 Å². The number of hydroxylamine groups is 1. The van der Waals surface area contributed by atoms with Crippen molar-refractivity contribution in [3.8, 4) is 33.7 Å². The number of aromatic nitrogens is 1. The second-order valence-electron chi connectivity index (χ2n) is 14.6. The molecule has 1 aromatic heterocycles. The fourth-order valence-corrected chi connectivity index (χ4v) is 7.96. The molecule has 0 spiro atoms. The summed E-state index contributed by atoms with van der Waals surface area (Å²) < 4.78 is 19.9. The predicted molar refractivity (Wildman–Crippen MR) is 228 cm³/mol. The van der Waals surface area contributed by atoms with Crippen molar-refractivity contribution in [1.82, 2.24) is 15.8 Å². The van der Waals surface area contributed by atoms with Crippen molar-refractivity contribution in [1.29, 1.82) is 0 Å². The van der Waals surface area contributed by atoms with E-state index in [9.17, 15) is 14.7 Å². The first-order valence-electron chi connectivity index (χ1n) is 20.1. The maximum absolute atomic E-state index is 12.6. The molecular formula is C48H49N3O7S. The van der Waals surface area contributed by atoms with E-state index >= 15 is 0 Å². The van der Waals surface area contributed by atoms with Gasteiger partial charge in [-0.3, -0.25) is 14.8 Å². The molecule has 7 rings (SSSR count). The molecule has 10 nitrogen and oxygen atoms in total. The Morgan fingerprint density at radius 3 is 2.05 bits per heavy atom. The zero-order valence-corrected chi connectivity index (χ0v) is 33.6. The van der Waals surface area contributed by atoms with Gasteiger partial charge in [0, 0.05) is 48.3 Å². The molecule has 0 radical (unpaired) electrons. The van der Waals surface area contributed by atoms with E-state index in [1.54, 1.807) is 5.48 Å². The quantitative estimate of drug-likeness (QED) is 0.0289. The van der Waals surface area contributed by atoms with Crippen LogP contribution < -0.4 is 10.8 Å². The van der Waals surface area contributed by atoms with Crippen molar-refractivity contribution in [2.75, 3.05) is 5.75 Å². The van der Waals surface area contributed by atoms with Crippen molar-refractivity contribution < 1.29 is 33.8 Å². The lowest BCUT2D eigenvalue weighted by atomic mass is 9.99. The number of aliphatic hydroxyl groups excluding tert-OH is 1. The number of ether oxygens (including phenoxy) is 2. The van der Waals surface area contributed by atoms with Gasteiger partial charge in [0.2, 0.25) is 11.8 Å². The minimum atomic E-state index is -0.643. The molecule has 3 unspecified atom stereocenters. The third-order valence-corrected chi connectivity index (χ3v) is 11.2. The first-order chi connectivity index (χ1) is 28.9. The van der Waals surface area contributed by atoms with Crippen LogP contribution in [0.4, 0.5) is 0 Å². The van der Waals surface area contributed by atoms with Gasteiger partial charge in [0.25, 0.3) is 5.22 Å². The molecule has 2 heterocycles. The maximum Gasteiger partial charge on any atom is 0.256 e. The number of amides is 2. The van der Waals surface area contributed by atoms with E-state index < -0.39 is 6.29 Å². The van der Waals surface area contributed by atoms with E-state index in [1.165, 1.54) is 11.8 Å². The third-order valence-electron chi connectivity index (χ3n) is 10.3. The van der Waals surface area contributed by atoms with Crippen LogP contribution in [0.15, 0.2) is 143 Å². The van der Waals surface area contributed by atoms with Crippen LogP contribution >= 0.6 is 11.8 Å². The van der Waals surface area contributed by atoms with E-state index in [-0.39, 0.29) is 37.0 Å². The standard InChI is InChI=1S/C48H49N3O7S/c52-31-33-23-25-35(26-24-33)42-29-41(32-59-48-50-45(36-14-5-3-6-15-36)46(58-48)37-16-7-4-8-17-37)56-47(57-42)40-20-12-19-39(28-40)38-18-11-13-34(27-38)30-49-43(53)21-9-1-2-10-22-44(54)51-55/h3-8,11-20,23-28,41-42,47,52,55H,1-2,9-10,21-22,29-32H2,(H,49,53)(H,51,54). The van der Waals surface area contributed by atoms with Gasteiger partial charge < -0.3 is 24.3 Å². The van der Waals surface area contributed by atoms with Gasteiger partial charge in [-0.2, -0.15) is 0 Å². The summed E-state index contributed by atoms with van der Waals surface area (Å²) in [6.07, 6.45) is 3.31. The number of rotatable bonds is 18. The zero-order chi connectivity index (χ0) is 40.8. The summed E-state index contributed by atoms with van der Waals surface area (Å²) in [6.45, 7) is 0.387. The lowest BCUT2D eigenvalue weighted by Crippen LogP contribution is -2.31. The Labute approximate surface area is 349 Å². The second-order valence-corrected chi connectivity index (χ2v) is 15.6. The van der Waals surface area contributed by atoms with Crippen molar-refractivity contribution in [2.24, 2.45) is 0 Å². The van der Waals surface area contributed by atoms with Crippen LogP contribution in [0.1, 0.15) is 79.6 Å². The number of aliphatic hydroxyl groups is 1. The van der Waals surface area contributed by atoms with Crippen molar-refractivity contribution in [2.45, 2.75) is 81.8 Å². The van der Waals surface area contributed by atoms with Crippen LogP contribution in [0.2, 0.25) is 0 Å². The molecule has 3 atom stereocenters. The lowest BCUT2D eigenvalue weighted by molar-refractivity contribution is -0.245.